The second-order valence-corrected chi connectivity index (χ2v) is 7.69. The minimum atomic E-state index is 0.787. The van der Waals surface area contributed by atoms with Crippen molar-refractivity contribution in [2.75, 3.05) is 25.4 Å². The molecule has 0 bridgehead atoms. The van der Waals surface area contributed by atoms with Gasteiger partial charge in [0.25, 0.3) is 0 Å². The number of nitrogens with zero attached hydrogens (tertiary/aromatic N) is 4. The summed E-state index contributed by atoms with van der Waals surface area (Å²) in [7, 11) is 0. The van der Waals surface area contributed by atoms with Crippen LogP contribution in [0.5, 0.6) is 0 Å². The first-order valence-corrected chi connectivity index (χ1v) is 10.3. The van der Waals surface area contributed by atoms with Crippen molar-refractivity contribution in [3.63, 3.8) is 0 Å². The van der Waals surface area contributed by atoms with Crippen LogP contribution in [-0.4, -0.2) is 45.1 Å². The third-order valence-corrected chi connectivity index (χ3v) is 5.67. The van der Waals surface area contributed by atoms with Crippen LogP contribution in [0.2, 0.25) is 0 Å². The molecule has 2 heterocycles. The lowest BCUT2D eigenvalue weighted by molar-refractivity contribution is 0.362. The monoisotopic (exact) mass is 364 g/mol. The number of thioether (sulfide) groups is 1. The van der Waals surface area contributed by atoms with E-state index in [1.807, 2.05) is 23.9 Å². The fourth-order valence-corrected chi connectivity index (χ4v) is 4.37. The third-order valence-electron chi connectivity index (χ3n) is 4.76. The van der Waals surface area contributed by atoms with E-state index in [2.05, 4.69) is 68.2 Å². The van der Waals surface area contributed by atoms with Gasteiger partial charge >= 0.3 is 0 Å². The molecular weight excluding hydrogens is 340 g/mol. The van der Waals surface area contributed by atoms with Crippen molar-refractivity contribution >= 4 is 11.8 Å². The number of aromatic nitrogens is 3. The van der Waals surface area contributed by atoms with Crippen molar-refractivity contribution < 1.29 is 0 Å². The molecule has 1 aliphatic rings. The summed E-state index contributed by atoms with van der Waals surface area (Å²) in [6, 6.07) is 20.9. The van der Waals surface area contributed by atoms with E-state index in [1.54, 1.807) is 0 Å². The number of likely N-dealkylation sites (tertiary alicyclic amines) is 1. The van der Waals surface area contributed by atoms with E-state index in [9.17, 15) is 0 Å². The van der Waals surface area contributed by atoms with Gasteiger partial charge in [0.15, 0.2) is 5.16 Å². The molecule has 26 heavy (non-hydrogen) atoms. The summed E-state index contributed by atoms with van der Waals surface area (Å²) >= 11 is 1.81. The molecule has 0 unspecified atom stereocenters. The zero-order chi connectivity index (χ0) is 17.6. The SMILES string of the molecule is c1ccc(Cc2nnc(SCCN3CCCC3)n2-c2ccccc2)cc1. The smallest absolute Gasteiger partial charge is 0.195 e. The van der Waals surface area contributed by atoms with Crippen LogP contribution in [-0.2, 0) is 6.42 Å². The Morgan fingerprint density at radius 2 is 1.54 bits per heavy atom. The quantitative estimate of drug-likeness (QED) is 0.593. The Kier molecular flexibility index (Phi) is 5.67. The minimum Gasteiger partial charge on any atom is -0.303 e. The summed E-state index contributed by atoms with van der Waals surface area (Å²) in [5, 5.41) is 10.0. The lowest BCUT2D eigenvalue weighted by Gasteiger charge is -2.14. The van der Waals surface area contributed by atoms with Crippen LogP contribution in [0, 0.1) is 0 Å². The lowest BCUT2D eigenvalue weighted by Crippen LogP contribution is -2.22. The number of rotatable bonds is 7. The number of hydrogen-bond acceptors (Lipinski definition) is 4. The summed E-state index contributed by atoms with van der Waals surface area (Å²) in [5.74, 6) is 2.04. The molecule has 4 rings (SSSR count). The molecule has 1 aromatic heterocycles. The summed E-state index contributed by atoms with van der Waals surface area (Å²) < 4.78 is 2.21. The summed E-state index contributed by atoms with van der Waals surface area (Å²) in [5.41, 5.74) is 2.39. The molecule has 1 aliphatic heterocycles. The molecule has 0 atom stereocenters. The molecule has 1 saturated heterocycles. The molecule has 1 fully saturated rings. The van der Waals surface area contributed by atoms with Crippen molar-refractivity contribution in [1.29, 1.82) is 0 Å². The Hall–Kier alpha value is -2.11. The first-order chi connectivity index (χ1) is 12.9. The molecule has 4 nitrogen and oxygen atoms in total. The zero-order valence-electron chi connectivity index (χ0n) is 14.9. The van der Waals surface area contributed by atoms with Crippen LogP contribution in [0.3, 0.4) is 0 Å². The molecule has 0 spiro atoms. The molecule has 0 radical (unpaired) electrons. The predicted octanol–water partition coefficient (Wildman–Crippen LogP) is 4.05. The van der Waals surface area contributed by atoms with Crippen LogP contribution in [0.15, 0.2) is 65.8 Å². The Morgan fingerprint density at radius 3 is 2.27 bits per heavy atom. The highest BCUT2D eigenvalue weighted by Gasteiger charge is 2.16. The van der Waals surface area contributed by atoms with Crippen LogP contribution in [0.1, 0.15) is 24.2 Å². The second kappa shape index (κ2) is 8.52. The highest BCUT2D eigenvalue weighted by Crippen LogP contribution is 2.24. The Bertz CT molecular complexity index is 811. The van der Waals surface area contributed by atoms with Gasteiger partial charge in [-0.05, 0) is 43.6 Å². The maximum absolute atomic E-state index is 4.52. The maximum atomic E-state index is 4.52. The van der Waals surface area contributed by atoms with Gasteiger partial charge in [0, 0.05) is 24.4 Å². The lowest BCUT2D eigenvalue weighted by atomic mass is 10.1. The topological polar surface area (TPSA) is 34.0 Å². The van der Waals surface area contributed by atoms with Gasteiger partial charge in [0.05, 0.1) is 0 Å². The van der Waals surface area contributed by atoms with E-state index in [4.69, 9.17) is 0 Å². The zero-order valence-corrected chi connectivity index (χ0v) is 15.7. The summed E-state index contributed by atoms with van der Waals surface area (Å²) in [4.78, 5) is 2.54. The van der Waals surface area contributed by atoms with Crippen molar-refractivity contribution in [3.05, 3.63) is 72.1 Å². The van der Waals surface area contributed by atoms with Crippen LogP contribution < -0.4 is 0 Å². The highest BCUT2D eigenvalue weighted by atomic mass is 32.2. The van der Waals surface area contributed by atoms with Crippen molar-refractivity contribution in [2.24, 2.45) is 0 Å². The van der Waals surface area contributed by atoms with E-state index >= 15 is 0 Å². The standard InChI is InChI=1S/C21H24N4S/c1-3-9-18(10-4-1)17-20-22-23-21(25(20)19-11-5-2-6-12-19)26-16-15-24-13-7-8-14-24/h1-6,9-12H,7-8,13-17H2. The first-order valence-electron chi connectivity index (χ1n) is 9.29. The summed E-state index contributed by atoms with van der Waals surface area (Å²) in [6.07, 6.45) is 3.47. The Morgan fingerprint density at radius 1 is 0.846 bits per heavy atom. The first kappa shape index (κ1) is 17.3. The van der Waals surface area contributed by atoms with Crippen molar-refractivity contribution in [2.45, 2.75) is 24.4 Å². The Balaban J connectivity index is 1.55. The second-order valence-electron chi connectivity index (χ2n) is 6.63. The van der Waals surface area contributed by atoms with Crippen LogP contribution in [0.4, 0.5) is 0 Å². The molecule has 0 aliphatic carbocycles. The van der Waals surface area contributed by atoms with E-state index < -0.39 is 0 Å². The number of benzene rings is 2. The fraction of sp³-hybridized carbons (Fsp3) is 0.333. The molecule has 2 aromatic carbocycles. The van der Waals surface area contributed by atoms with Gasteiger partial charge in [0.1, 0.15) is 5.82 Å². The van der Waals surface area contributed by atoms with Crippen LogP contribution >= 0.6 is 11.8 Å². The minimum absolute atomic E-state index is 0.787. The number of para-hydroxylation sites is 1. The molecule has 5 heteroatoms. The molecule has 3 aromatic rings. The predicted molar refractivity (Wildman–Crippen MR) is 107 cm³/mol. The van der Waals surface area contributed by atoms with Gasteiger partial charge in [-0.2, -0.15) is 0 Å². The third kappa shape index (κ3) is 4.17. The molecule has 0 N–H and O–H groups in total. The maximum Gasteiger partial charge on any atom is 0.195 e. The van der Waals surface area contributed by atoms with Gasteiger partial charge in [-0.25, -0.2) is 0 Å². The average Bonchev–Trinajstić information content (AvgIpc) is 3.34. The average molecular weight is 365 g/mol. The van der Waals surface area contributed by atoms with E-state index in [0.717, 1.165) is 35.4 Å². The van der Waals surface area contributed by atoms with Crippen LogP contribution in [0.25, 0.3) is 5.69 Å². The number of hydrogen-bond donors (Lipinski definition) is 0. The van der Waals surface area contributed by atoms with E-state index in [-0.39, 0.29) is 0 Å². The van der Waals surface area contributed by atoms with Gasteiger partial charge < -0.3 is 4.90 Å². The fourth-order valence-electron chi connectivity index (χ4n) is 3.40. The van der Waals surface area contributed by atoms with Gasteiger partial charge in [-0.3, -0.25) is 4.57 Å². The van der Waals surface area contributed by atoms with Gasteiger partial charge in [-0.15, -0.1) is 10.2 Å². The molecule has 0 saturated carbocycles. The Labute approximate surface area is 159 Å². The molecule has 134 valence electrons. The van der Waals surface area contributed by atoms with Crippen molar-refractivity contribution in [1.82, 2.24) is 19.7 Å². The molecular formula is C21H24N4S. The summed E-state index contributed by atoms with van der Waals surface area (Å²) in [6.45, 7) is 3.61. The van der Waals surface area contributed by atoms with Crippen molar-refractivity contribution in [3.8, 4) is 5.69 Å². The largest absolute Gasteiger partial charge is 0.303 e. The molecule has 0 amide bonds. The van der Waals surface area contributed by atoms with Gasteiger partial charge in [-0.1, -0.05) is 60.3 Å². The van der Waals surface area contributed by atoms with E-state index in [1.165, 1.54) is 31.5 Å². The normalized spacial score (nSPS) is 14.8. The highest BCUT2D eigenvalue weighted by molar-refractivity contribution is 7.99. The van der Waals surface area contributed by atoms with E-state index in [0.29, 0.717) is 0 Å². The van der Waals surface area contributed by atoms with Gasteiger partial charge in [0.2, 0.25) is 0 Å².